The van der Waals surface area contributed by atoms with Gasteiger partial charge in [0.1, 0.15) is 0 Å². The van der Waals surface area contributed by atoms with Crippen LogP contribution in [0.15, 0.2) is 0 Å². The van der Waals surface area contributed by atoms with Crippen molar-refractivity contribution >= 4 is 5.97 Å². The maximum atomic E-state index is 11.3. The third kappa shape index (κ3) is 1.93. The highest BCUT2D eigenvalue weighted by Gasteiger charge is 2.29. The standard InChI is InChI=1S/C14H20N2O2/c17-14(18)13-11-8-3-1-2-4-9-12(11)16(15-13)10-6-5-7-10/h10H,1-9H2,(H,17,18). The maximum absolute atomic E-state index is 11.3. The fourth-order valence-corrected chi connectivity index (χ4v) is 3.08. The lowest BCUT2D eigenvalue weighted by atomic mass is 9.91. The molecule has 0 unspecified atom stereocenters. The molecule has 0 radical (unpaired) electrons. The second kappa shape index (κ2) is 4.75. The van der Waals surface area contributed by atoms with Crippen molar-refractivity contribution in [2.24, 2.45) is 0 Å². The van der Waals surface area contributed by atoms with E-state index in [1.54, 1.807) is 0 Å². The summed E-state index contributed by atoms with van der Waals surface area (Å²) in [6, 6.07) is 0.464. The molecule has 2 aliphatic rings. The van der Waals surface area contributed by atoms with Gasteiger partial charge >= 0.3 is 5.97 Å². The van der Waals surface area contributed by atoms with Crippen molar-refractivity contribution < 1.29 is 9.90 Å². The number of hydrogen-bond donors (Lipinski definition) is 1. The van der Waals surface area contributed by atoms with Crippen LogP contribution in [0.25, 0.3) is 0 Å². The second-order valence-corrected chi connectivity index (χ2v) is 5.52. The number of rotatable bonds is 2. The van der Waals surface area contributed by atoms with E-state index in [1.807, 2.05) is 4.68 Å². The highest BCUT2D eigenvalue weighted by Crippen LogP contribution is 2.35. The summed E-state index contributed by atoms with van der Waals surface area (Å²) in [5.41, 5.74) is 2.56. The SMILES string of the molecule is O=C(O)c1nn(C2CCC2)c2c1CCCCCC2. The molecule has 0 atom stereocenters. The van der Waals surface area contributed by atoms with Crippen molar-refractivity contribution in [1.82, 2.24) is 9.78 Å². The number of hydrogen-bond acceptors (Lipinski definition) is 2. The first-order chi connectivity index (χ1) is 8.77. The minimum atomic E-state index is -0.857. The van der Waals surface area contributed by atoms with Crippen LogP contribution in [0.3, 0.4) is 0 Å². The number of aromatic carboxylic acids is 1. The molecule has 0 aliphatic heterocycles. The molecule has 3 rings (SSSR count). The second-order valence-electron chi connectivity index (χ2n) is 5.52. The smallest absolute Gasteiger partial charge is 0.356 e. The summed E-state index contributed by atoms with van der Waals surface area (Å²) in [5, 5.41) is 13.7. The summed E-state index contributed by atoms with van der Waals surface area (Å²) < 4.78 is 2.05. The van der Waals surface area contributed by atoms with Crippen LogP contribution in [0, 0.1) is 0 Å². The summed E-state index contributed by atoms with van der Waals surface area (Å²) in [6.07, 6.45) is 10.2. The van der Waals surface area contributed by atoms with Gasteiger partial charge in [-0.05, 0) is 44.9 Å². The number of carbonyl (C=O) groups is 1. The van der Waals surface area contributed by atoms with Gasteiger partial charge < -0.3 is 5.11 Å². The van der Waals surface area contributed by atoms with Crippen LogP contribution in [-0.4, -0.2) is 20.9 Å². The van der Waals surface area contributed by atoms with Gasteiger partial charge in [-0.3, -0.25) is 4.68 Å². The molecule has 0 aromatic carbocycles. The maximum Gasteiger partial charge on any atom is 0.356 e. The Balaban J connectivity index is 2.03. The number of carboxylic acid groups (broad SMARTS) is 1. The average molecular weight is 248 g/mol. The van der Waals surface area contributed by atoms with Crippen molar-refractivity contribution in [2.45, 2.75) is 63.8 Å². The van der Waals surface area contributed by atoms with E-state index in [0.717, 1.165) is 37.7 Å². The monoisotopic (exact) mass is 248 g/mol. The molecule has 0 spiro atoms. The zero-order valence-corrected chi connectivity index (χ0v) is 10.7. The van der Waals surface area contributed by atoms with Gasteiger partial charge in [-0.2, -0.15) is 5.10 Å². The van der Waals surface area contributed by atoms with E-state index in [9.17, 15) is 9.90 Å². The third-order valence-electron chi connectivity index (χ3n) is 4.33. The molecule has 0 bridgehead atoms. The van der Waals surface area contributed by atoms with Crippen molar-refractivity contribution in [3.63, 3.8) is 0 Å². The summed E-state index contributed by atoms with van der Waals surface area (Å²) in [5.74, 6) is -0.857. The van der Waals surface area contributed by atoms with Crippen molar-refractivity contribution in [1.29, 1.82) is 0 Å². The minimum Gasteiger partial charge on any atom is -0.476 e. The fourth-order valence-electron chi connectivity index (χ4n) is 3.08. The highest BCUT2D eigenvalue weighted by molar-refractivity contribution is 5.87. The van der Waals surface area contributed by atoms with E-state index in [2.05, 4.69) is 5.10 Å². The lowest BCUT2D eigenvalue weighted by molar-refractivity contribution is 0.0687. The number of carboxylic acids is 1. The summed E-state index contributed by atoms with van der Waals surface area (Å²) in [4.78, 5) is 11.3. The van der Waals surface area contributed by atoms with Gasteiger partial charge in [-0.15, -0.1) is 0 Å². The Hall–Kier alpha value is -1.32. The summed E-state index contributed by atoms with van der Waals surface area (Å²) in [7, 11) is 0. The van der Waals surface area contributed by atoms with Crippen LogP contribution < -0.4 is 0 Å². The van der Waals surface area contributed by atoms with Crippen LogP contribution >= 0.6 is 0 Å². The average Bonchev–Trinajstić information content (AvgIpc) is 2.53. The lowest BCUT2D eigenvalue weighted by Gasteiger charge is -2.28. The quantitative estimate of drug-likeness (QED) is 0.875. The molecule has 0 amide bonds. The fraction of sp³-hybridized carbons (Fsp3) is 0.714. The van der Waals surface area contributed by atoms with Crippen LogP contribution in [0.1, 0.15) is 72.7 Å². The first kappa shape index (κ1) is 11.8. The minimum absolute atomic E-state index is 0.318. The molecule has 1 fully saturated rings. The Bertz CT molecular complexity index is 461. The topological polar surface area (TPSA) is 55.1 Å². The predicted molar refractivity (Wildman–Crippen MR) is 68.0 cm³/mol. The number of aromatic nitrogens is 2. The molecule has 2 aliphatic carbocycles. The first-order valence-electron chi connectivity index (χ1n) is 7.11. The summed E-state index contributed by atoms with van der Waals surface area (Å²) >= 11 is 0. The van der Waals surface area contributed by atoms with Gasteiger partial charge in [0.15, 0.2) is 5.69 Å². The Labute approximate surface area is 107 Å². The van der Waals surface area contributed by atoms with Gasteiger partial charge in [-0.1, -0.05) is 12.8 Å². The van der Waals surface area contributed by atoms with Crippen LogP contribution in [0.2, 0.25) is 0 Å². The Morgan fingerprint density at radius 3 is 2.44 bits per heavy atom. The molecule has 1 saturated carbocycles. The molecule has 18 heavy (non-hydrogen) atoms. The Kier molecular flexibility index (Phi) is 3.10. The number of fused-ring (bicyclic) bond motifs is 1. The van der Waals surface area contributed by atoms with Crippen molar-refractivity contribution in [3.05, 3.63) is 17.0 Å². The normalized spacial score (nSPS) is 20.7. The zero-order valence-electron chi connectivity index (χ0n) is 10.7. The van der Waals surface area contributed by atoms with Crippen molar-refractivity contribution in [3.8, 4) is 0 Å². The van der Waals surface area contributed by atoms with E-state index in [0.29, 0.717) is 11.7 Å². The Morgan fingerprint density at radius 1 is 1.11 bits per heavy atom. The number of nitrogens with zero attached hydrogens (tertiary/aromatic N) is 2. The van der Waals surface area contributed by atoms with Gasteiger partial charge in [0.25, 0.3) is 0 Å². The van der Waals surface area contributed by atoms with E-state index >= 15 is 0 Å². The molecule has 1 heterocycles. The van der Waals surface area contributed by atoms with E-state index in [1.165, 1.54) is 31.4 Å². The van der Waals surface area contributed by atoms with Crippen molar-refractivity contribution in [2.75, 3.05) is 0 Å². The van der Waals surface area contributed by atoms with Crippen LogP contribution in [0.4, 0.5) is 0 Å². The molecule has 4 nitrogen and oxygen atoms in total. The molecular formula is C14H20N2O2. The molecule has 1 N–H and O–H groups in total. The van der Waals surface area contributed by atoms with E-state index in [-0.39, 0.29) is 0 Å². The molecule has 4 heteroatoms. The molecule has 1 aromatic rings. The van der Waals surface area contributed by atoms with Gasteiger partial charge in [0.05, 0.1) is 6.04 Å². The molecule has 98 valence electrons. The lowest BCUT2D eigenvalue weighted by Crippen LogP contribution is -2.21. The van der Waals surface area contributed by atoms with E-state index < -0.39 is 5.97 Å². The zero-order chi connectivity index (χ0) is 12.5. The van der Waals surface area contributed by atoms with Gasteiger partial charge in [0, 0.05) is 11.3 Å². The molecule has 1 aromatic heterocycles. The van der Waals surface area contributed by atoms with Gasteiger partial charge in [-0.25, -0.2) is 4.79 Å². The summed E-state index contributed by atoms with van der Waals surface area (Å²) in [6.45, 7) is 0. The molecule has 0 saturated heterocycles. The van der Waals surface area contributed by atoms with E-state index in [4.69, 9.17) is 0 Å². The third-order valence-corrected chi connectivity index (χ3v) is 4.33. The largest absolute Gasteiger partial charge is 0.476 e. The highest BCUT2D eigenvalue weighted by atomic mass is 16.4. The first-order valence-corrected chi connectivity index (χ1v) is 7.11. The van der Waals surface area contributed by atoms with Crippen LogP contribution in [0.5, 0.6) is 0 Å². The van der Waals surface area contributed by atoms with Gasteiger partial charge in [0.2, 0.25) is 0 Å². The predicted octanol–water partition coefficient (Wildman–Crippen LogP) is 2.97. The van der Waals surface area contributed by atoms with Crippen LogP contribution in [-0.2, 0) is 12.8 Å². The Morgan fingerprint density at radius 2 is 1.83 bits per heavy atom. The molecular weight excluding hydrogens is 228 g/mol.